The molecule has 0 saturated carbocycles. The zero-order valence-corrected chi connectivity index (χ0v) is 13.1. The molecule has 0 unspecified atom stereocenters. The van der Waals surface area contributed by atoms with Crippen LogP contribution in [0.1, 0.15) is 53.9 Å². The Bertz CT molecular complexity index is 618. The lowest BCUT2D eigenvalue weighted by Gasteiger charge is -2.16. The van der Waals surface area contributed by atoms with Crippen molar-refractivity contribution < 1.29 is 4.79 Å². The third kappa shape index (κ3) is 3.45. The van der Waals surface area contributed by atoms with Gasteiger partial charge in [0.25, 0.3) is 5.91 Å². The van der Waals surface area contributed by atoms with E-state index in [-0.39, 0.29) is 11.3 Å². The van der Waals surface area contributed by atoms with Crippen molar-refractivity contribution in [3.05, 3.63) is 40.7 Å². The first-order valence-corrected chi connectivity index (χ1v) is 6.90. The van der Waals surface area contributed by atoms with Gasteiger partial charge in [0, 0.05) is 35.6 Å². The van der Waals surface area contributed by atoms with Crippen LogP contribution in [0.4, 0.5) is 0 Å². The van der Waals surface area contributed by atoms with Crippen LogP contribution in [0.3, 0.4) is 0 Å². The number of nitrogens with zero attached hydrogens (tertiary/aromatic N) is 3. The molecule has 112 valence electrons. The molecule has 0 fully saturated rings. The summed E-state index contributed by atoms with van der Waals surface area (Å²) in [7, 11) is 0. The maximum atomic E-state index is 12.1. The monoisotopic (exact) mass is 287 g/mol. The van der Waals surface area contributed by atoms with Crippen LogP contribution >= 0.6 is 0 Å². The number of rotatable bonds is 3. The van der Waals surface area contributed by atoms with E-state index < -0.39 is 0 Å². The minimum atomic E-state index is -0.185. The van der Waals surface area contributed by atoms with E-state index in [1.165, 1.54) is 0 Å². The molecular formula is C15H21N5O. The van der Waals surface area contributed by atoms with E-state index in [0.717, 1.165) is 22.8 Å². The molecule has 21 heavy (non-hydrogen) atoms. The molecule has 6 nitrogen and oxygen atoms in total. The molecule has 0 aliphatic rings. The second kappa shape index (κ2) is 5.63. The number of carbonyl (C=O) groups is 1. The second-order valence-corrected chi connectivity index (χ2v) is 6.14. The average molecular weight is 287 g/mol. The maximum Gasteiger partial charge on any atom is 0.254 e. The van der Waals surface area contributed by atoms with Gasteiger partial charge in [0.1, 0.15) is 5.82 Å². The SMILES string of the molecule is Cc1n[nH]c(C)c1CNC(=O)c1cnc(C(C)(C)C)nc1. The highest BCUT2D eigenvalue weighted by Gasteiger charge is 2.18. The fraction of sp³-hybridized carbons (Fsp3) is 0.467. The molecule has 2 aromatic rings. The van der Waals surface area contributed by atoms with Crippen molar-refractivity contribution in [2.45, 2.75) is 46.6 Å². The van der Waals surface area contributed by atoms with E-state index in [0.29, 0.717) is 12.1 Å². The van der Waals surface area contributed by atoms with Crippen molar-refractivity contribution in [1.82, 2.24) is 25.5 Å². The number of amides is 1. The standard InChI is InChI=1S/C15H21N5O/c1-9-12(10(2)20-19-9)8-16-13(21)11-6-17-14(18-7-11)15(3,4)5/h6-7H,8H2,1-5H3,(H,16,21)(H,19,20). The molecule has 2 aromatic heterocycles. The lowest BCUT2D eigenvalue weighted by atomic mass is 9.96. The third-order valence-corrected chi connectivity index (χ3v) is 3.29. The zero-order valence-electron chi connectivity index (χ0n) is 13.1. The Morgan fingerprint density at radius 2 is 1.86 bits per heavy atom. The van der Waals surface area contributed by atoms with Crippen LogP contribution in [0.5, 0.6) is 0 Å². The molecule has 2 rings (SSSR count). The van der Waals surface area contributed by atoms with Crippen molar-refractivity contribution in [2.75, 3.05) is 0 Å². The third-order valence-electron chi connectivity index (χ3n) is 3.29. The molecule has 0 spiro atoms. The molecule has 2 heterocycles. The van der Waals surface area contributed by atoms with E-state index in [9.17, 15) is 4.79 Å². The molecule has 0 atom stereocenters. The van der Waals surface area contributed by atoms with Gasteiger partial charge in [0.2, 0.25) is 0 Å². The number of H-pyrrole nitrogens is 1. The molecule has 1 amide bonds. The van der Waals surface area contributed by atoms with Crippen LogP contribution in [-0.4, -0.2) is 26.1 Å². The number of hydrogen-bond donors (Lipinski definition) is 2. The number of carbonyl (C=O) groups excluding carboxylic acids is 1. The van der Waals surface area contributed by atoms with Gasteiger partial charge >= 0.3 is 0 Å². The van der Waals surface area contributed by atoms with Crippen LogP contribution in [-0.2, 0) is 12.0 Å². The molecular weight excluding hydrogens is 266 g/mol. The fourth-order valence-electron chi connectivity index (χ4n) is 1.94. The van der Waals surface area contributed by atoms with Crippen LogP contribution in [0.2, 0.25) is 0 Å². The van der Waals surface area contributed by atoms with Gasteiger partial charge in [-0.25, -0.2) is 9.97 Å². The van der Waals surface area contributed by atoms with E-state index in [4.69, 9.17) is 0 Å². The quantitative estimate of drug-likeness (QED) is 0.905. The second-order valence-electron chi connectivity index (χ2n) is 6.14. The average Bonchev–Trinajstić information content (AvgIpc) is 2.75. The van der Waals surface area contributed by atoms with Crippen molar-refractivity contribution in [2.24, 2.45) is 0 Å². The summed E-state index contributed by atoms with van der Waals surface area (Å²) < 4.78 is 0. The van der Waals surface area contributed by atoms with Gasteiger partial charge in [-0.3, -0.25) is 9.89 Å². The summed E-state index contributed by atoms with van der Waals surface area (Å²) >= 11 is 0. The largest absolute Gasteiger partial charge is 0.348 e. The molecule has 0 aliphatic heterocycles. The van der Waals surface area contributed by atoms with Crippen LogP contribution in [0, 0.1) is 13.8 Å². The van der Waals surface area contributed by atoms with Gasteiger partial charge < -0.3 is 5.32 Å². The van der Waals surface area contributed by atoms with Gasteiger partial charge in [-0.1, -0.05) is 20.8 Å². The highest BCUT2D eigenvalue weighted by Crippen LogP contribution is 2.17. The molecule has 0 aromatic carbocycles. The van der Waals surface area contributed by atoms with Gasteiger partial charge in [0.15, 0.2) is 0 Å². The van der Waals surface area contributed by atoms with Crippen LogP contribution in [0.25, 0.3) is 0 Å². The lowest BCUT2D eigenvalue weighted by molar-refractivity contribution is 0.0950. The zero-order chi connectivity index (χ0) is 15.6. The Balaban J connectivity index is 2.04. The predicted molar refractivity (Wildman–Crippen MR) is 80.0 cm³/mol. The maximum absolute atomic E-state index is 12.1. The predicted octanol–water partition coefficient (Wildman–Crippen LogP) is 2.04. The number of aryl methyl sites for hydroxylation is 2. The Morgan fingerprint density at radius 1 is 1.24 bits per heavy atom. The number of aromatic amines is 1. The first-order valence-electron chi connectivity index (χ1n) is 6.90. The molecule has 0 radical (unpaired) electrons. The van der Waals surface area contributed by atoms with E-state index in [1.54, 1.807) is 12.4 Å². The van der Waals surface area contributed by atoms with E-state index in [1.807, 2.05) is 34.6 Å². The summed E-state index contributed by atoms with van der Waals surface area (Å²) in [4.78, 5) is 20.6. The molecule has 6 heteroatoms. The summed E-state index contributed by atoms with van der Waals surface area (Å²) in [6.45, 7) is 10.4. The minimum Gasteiger partial charge on any atom is -0.348 e. The van der Waals surface area contributed by atoms with Gasteiger partial charge in [-0.15, -0.1) is 0 Å². The fourth-order valence-corrected chi connectivity index (χ4v) is 1.94. The first-order chi connectivity index (χ1) is 9.79. The number of hydrogen-bond acceptors (Lipinski definition) is 4. The van der Waals surface area contributed by atoms with Crippen LogP contribution in [0.15, 0.2) is 12.4 Å². The molecule has 0 bridgehead atoms. The van der Waals surface area contributed by atoms with E-state index >= 15 is 0 Å². The summed E-state index contributed by atoms with van der Waals surface area (Å²) in [6, 6.07) is 0. The normalized spacial score (nSPS) is 11.5. The summed E-state index contributed by atoms with van der Waals surface area (Å²) in [5.41, 5.74) is 3.21. The Morgan fingerprint density at radius 3 is 2.33 bits per heavy atom. The summed E-state index contributed by atoms with van der Waals surface area (Å²) in [5, 5.41) is 9.87. The van der Waals surface area contributed by atoms with Gasteiger partial charge in [-0.05, 0) is 13.8 Å². The number of aromatic nitrogens is 4. The minimum absolute atomic E-state index is 0.125. The lowest BCUT2D eigenvalue weighted by Crippen LogP contribution is -2.24. The highest BCUT2D eigenvalue weighted by molar-refractivity contribution is 5.93. The van der Waals surface area contributed by atoms with E-state index in [2.05, 4.69) is 25.5 Å². The van der Waals surface area contributed by atoms with Gasteiger partial charge in [0.05, 0.1) is 11.3 Å². The van der Waals surface area contributed by atoms with Crippen molar-refractivity contribution in [3.8, 4) is 0 Å². The molecule has 2 N–H and O–H groups in total. The summed E-state index contributed by atoms with van der Waals surface area (Å²) in [5.74, 6) is 0.538. The molecule has 0 saturated heterocycles. The Hall–Kier alpha value is -2.24. The topological polar surface area (TPSA) is 83.6 Å². The van der Waals surface area contributed by atoms with Crippen molar-refractivity contribution in [1.29, 1.82) is 0 Å². The Kier molecular flexibility index (Phi) is 4.06. The van der Waals surface area contributed by atoms with Crippen molar-refractivity contribution in [3.63, 3.8) is 0 Å². The molecule has 0 aliphatic carbocycles. The smallest absolute Gasteiger partial charge is 0.254 e. The summed E-state index contributed by atoms with van der Waals surface area (Å²) in [6.07, 6.45) is 3.13. The first kappa shape index (κ1) is 15.2. The number of nitrogens with one attached hydrogen (secondary N) is 2. The van der Waals surface area contributed by atoms with Crippen LogP contribution < -0.4 is 5.32 Å². The highest BCUT2D eigenvalue weighted by atomic mass is 16.1. The van der Waals surface area contributed by atoms with Crippen molar-refractivity contribution >= 4 is 5.91 Å². The van der Waals surface area contributed by atoms with Gasteiger partial charge in [-0.2, -0.15) is 5.10 Å². The Labute approximate surface area is 124 Å².